The Kier molecular flexibility index (Phi) is 6.31. The Balaban J connectivity index is 1.84. The van der Waals surface area contributed by atoms with E-state index in [-0.39, 0.29) is 5.91 Å². The molecule has 24 heavy (non-hydrogen) atoms. The number of amides is 1. The highest BCUT2D eigenvalue weighted by Crippen LogP contribution is 2.24. The monoisotopic (exact) mass is 331 g/mol. The maximum Gasteiger partial charge on any atom is 0.255 e. The molecular weight excluding hydrogens is 310 g/mol. The molecule has 0 aliphatic carbocycles. The van der Waals surface area contributed by atoms with E-state index in [1.807, 2.05) is 24.3 Å². The first-order valence-electron chi connectivity index (χ1n) is 7.45. The molecule has 0 spiro atoms. The van der Waals surface area contributed by atoms with Crippen LogP contribution in [0.3, 0.4) is 0 Å². The Morgan fingerprint density at radius 1 is 0.875 bits per heavy atom. The molecule has 0 heterocycles. The largest absolute Gasteiger partial charge is 0.497 e. The molecule has 0 aliphatic heterocycles. The van der Waals surface area contributed by atoms with Crippen LogP contribution in [0.25, 0.3) is 0 Å². The summed E-state index contributed by atoms with van der Waals surface area (Å²) >= 11 is 0. The summed E-state index contributed by atoms with van der Waals surface area (Å²) in [5.41, 5.74) is 0.447. The molecule has 0 unspecified atom stereocenters. The van der Waals surface area contributed by atoms with Gasteiger partial charge in [-0.25, -0.2) is 0 Å². The van der Waals surface area contributed by atoms with E-state index in [0.717, 1.165) is 5.75 Å². The molecule has 1 amide bonds. The summed E-state index contributed by atoms with van der Waals surface area (Å²) < 4.78 is 21.0. The molecule has 0 saturated heterocycles. The second-order valence-electron chi connectivity index (χ2n) is 4.85. The van der Waals surface area contributed by atoms with Gasteiger partial charge in [-0.3, -0.25) is 4.79 Å². The van der Waals surface area contributed by atoms with Crippen LogP contribution < -0.4 is 24.3 Å². The molecule has 0 bridgehead atoms. The zero-order valence-electron chi connectivity index (χ0n) is 14.0. The second kappa shape index (κ2) is 8.67. The fraction of sp³-hybridized carbons (Fsp3) is 0.278. The summed E-state index contributed by atoms with van der Waals surface area (Å²) in [4.78, 5) is 12.2. The van der Waals surface area contributed by atoms with Crippen LogP contribution in [0.4, 0.5) is 0 Å². The number of carbonyl (C=O) groups is 1. The number of hydrogen-bond acceptors (Lipinski definition) is 5. The molecule has 6 nitrogen and oxygen atoms in total. The first-order valence-corrected chi connectivity index (χ1v) is 7.45. The molecule has 0 radical (unpaired) electrons. The van der Waals surface area contributed by atoms with Gasteiger partial charge in [0.25, 0.3) is 5.91 Å². The van der Waals surface area contributed by atoms with E-state index < -0.39 is 0 Å². The van der Waals surface area contributed by atoms with Gasteiger partial charge in [0.05, 0.1) is 33.4 Å². The first kappa shape index (κ1) is 17.5. The zero-order valence-corrected chi connectivity index (χ0v) is 14.0. The van der Waals surface area contributed by atoms with Crippen molar-refractivity contribution in [3.8, 4) is 23.0 Å². The summed E-state index contributed by atoms with van der Waals surface area (Å²) in [5, 5.41) is 2.79. The van der Waals surface area contributed by atoms with Gasteiger partial charge in [-0.15, -0.1) is 0 Å². The van der Waals surface area contributed by atoms with Crippen LogP contribution in [-0.2, 0) is 0 Å². The van der Waals surface area contributed by atoms with Crippen molar-refractivity contribution in [3.63, 3.8) is 0 Å². The number of hydrogen-bond donors (Lipinski definition) is 1. The van der Waals surface area contributed by atoms with Gasteiger partial charge in [0, 0.05) is 6.07 Å². The van der Waals surface area contributed by atoms with E-state index in [1.165, 1.54) is 7.11 Å². The molecule has 6 heteroatoms. The van der Waals surface area contributed by atoms with E-state index in [2.05, 4.69) is 5.32 Å². The number of methoxy groups -OCH3 is 3. The predicted octanol–water partition coefficient (Wildman–Crippen LogP) is 2.52. The fourth-order valence-electron chi connectivity index (χ4n) is 2.09. The van der Waals surface area contributed by atoms with Crippen LogP contribution in [0.2, 0.25) is 0 Å². The SMILES string of the molecule is COc1ccc(OCCNC(=O)c2ccc(OC)cc2OC)cc1. The van der Waals surface area contributed by atoms with Crippen molar-refractivity contribution in [3.05, 3.63) is 48.0 Å². The van der Waals surface area contributed by atoms with Crippen LogP contribution in [0.5, 0.6) is 23.0 Å². The quantitative estimate of drug-likeness (QED) is 0.753. The van der Waals surface area contributed by atoms with Gasteiger partial charge >= 0.3 is 0 Å². The average Bonchev–Trinajstić information content (AvgIpc) is 2.64. The van der Waals surface area contributed by atoms with Crippen molar-refractivity contribution in [2.45, 2.75) is 0 Å². The minimum absolute atomic E-state index is 0.229. The van der Waals surface area contributed by atoms with Gasteiger partial charge in [-0.05, 0) is 36.4 Å². The lowest BCUT2D eigenvalue weighted by Gasteiger charge is -2.11. The third-order valence-corrected chi connectivity index (χ3v) is 3.37. The molecule has 128 valence electrons. The van der Waals surface area contributed by atoms with E-state index in [0.29, 0.717) is 36.0 Å². The Morgan fingerprint density at radius 3 is 2.12 bits per heavy atom. The van der Waals surface area contributed by atoms with Crippen LogP contribution in [0, 0.1) is 0 Å². The van der Waals surface area contributed by atoms with E-state index in [4.69, 9.17) is 18.9 Å². The molecular formula is C18H21NO5. The molecule has 0 saturated carbocycles. The fourth-order valence-corrected chi connectivity index (χ4v) is 2.09. The van der Waals surface area contributed by atoms with Gasteiger partial charge in [-0.1, -0.05) is 0 Å². The van der Waals surface area contributed by atoms with Crippen LogP contribution >= 0.6 is 0 Å². The minimum Gasteiger partial charge on any atom is -0.497 e. The normalized spacial score (nSPS) is 9.96. The molecule has 0 atom stereocenters. The van der Waals surface area contributed by atoms with Crippen LogP contribution in [-0.4, -0.2) is 40.4 Å². The van der Waals surface area contributed by atoms with Crippen molar-refractivity contribution in [1.29, 1.82) is 0 Å². The minimum atomic E-state index is -0.229. The number of benzene rings is 2. The van der Waals surface area contributed by atoms with Crippen LogP contribution in [0.15, 0.2) is 42.5 Å². The van der Waals surface area contributed by atoms with Crippen molar-refractivity contribution < 1.29 is 23.7 Å². The molecule has 2 rings (SSSR count). The number of rotatable bonds is 8. The molecule has 0 aliphatic rings. The smallest absolute Gasteiger partial charge is 0.255 e. The summed E-state index contributed by atoms with van der Waals surface area (Å²) in [6.07, 6.45) is 0. The zero-order chi connectivity index (χ0) is 17.4. The van der Waals surface area contributed by atoms with Crippen molar-refractivity contribution in [1.82, 2.24) is 5.32 Å². The molecule has 0 aromatic heterocycles. The summed E-state index contributed by atoms with van der Waals surface area (Å²) in [6, 6.07) is 12.3. The number of ether oxygens (including phenoxy) is 4. The average molecular weight is 331 g/mol. The number of carbonyl (C=O) groups excluding carboxylic acids is 1. The van der Waals surface area contributed by atoms with Gasteiger partial charge < -0.3 is 24.3 Å². The summed E-state index contributed by atoms with van der Waals surface area (Å²) in [6.45, 7) is 0.733. The van der Waals surface area contributed by atoms with E-state index in [9.17, 15) is 4.79 Å². The lowest BCUT2D eigenvalue weighted by molar-refractivity contribution is 0.0944. The molecule has 0 fully saturated rings. The molecule has 2 aromatic rings. The summed E-state index contributed by atoms with van der Waals surface area (Å²) in [7, 11) is 4.68. The maximum absolute atomic E-state index is 12.2. The molecule has 2 aromatic carbocycles. The maximum atomic E-state index is 12.2. The lowest BCUT2D eigenvalue weighted by Crippen LogP contribution is -2.28. The van der Waals surface area contributed by atoms with E-state index >= 15 is 0 Å². The van der Waals surface area contributed by atoms with Gasteiger partial charge in [0.15, 0.2) is 0 Å². The standard InChI is InChI=1S/C18H21NO5/c1-21-13-4-6-14(7-5-13)24-11-10-19-18(20)16-9-8-15(22-2)12-17(16)23-3/h4-9,12H,10-11H2,1-3H3,(H,19,20). The Bertz CT molecular complexity index is 670. The summed E-state index contributed by atoms with van der Waals surface area (Å²) in [5.74, 6) is 2.34. The van der Waals surface area contributed by atoms with E-state index in [1.54, 1.807) is 32.4 Å². The Morgan fingerprint density at radius 2 is 1.50 bits per heavy atom. The Labute approximate surface area is 141 Å². The van der Waals surface area contributed by atoms with Crippen molar-refractivity contribution in [2.75, 3.05) is 34.5 Å². The highest BCUT2D eigenvalue weighted by atomic mass is 16.5. The third-order valence-electron chi connectivity index (χ3n) is 3.37. The lowest BCUT2D eigenvalue weighted by atomic mass is 10.1. The number of nitrogens with one attached hydrogen (secondary N) is 1. The van der Waals surface area contributed by atoms with Crippen molar-refractivity contribution in [2.24, 2.45) is 0 Å². The Hall–Kier alpha value is -2.89. The third kappa shape index (κ3) is 4.55. The molecule has 1 N–H and O–H groups in total. The first-order chi connectivity index (χ1) is 11.7. The predicted molar refractivity (Wildman–Crippen MR) is 90.4 cm³/mol. The highest BCUT2D eigenvalue weighted by Gasteiger charge is 2.12. The van der Waals surface area contributed by atoms with Gasteiger partial charge in [0.1, 0.15) is 29.6 Å². The van der Waals surface area contributed by atoms with Crippen LogP contribution in [0.1, 0.15) is 10.4 Å². The second-order valence-corrected chi connectivity index (χ2v) is 4.85. The topological polar surface area (TPSA) is 66.0 Å². The van der Waals surface area contributed by atoms with Gasteiger partial charge in [-0.2, -0.15) is 0 Å². The van der Waals surface area contributed by atoms with Gasteiger partial charge in [0.2, 0.25) is 0 Å². The van der Waals surface area contributed by atoms with Crippen molar-refractivity contribution >= 4 is 5.91 Å². The highest BCUT2D eigenvalue weighted by molar-refractivity contribution is 5.97.